The molecule has 3 aromatic rings. The van der Waals surface area contributed by atoms with Crippen LogP contribution in [0.2, 0.25) is 0 Å². The van der Waals surface area contributed by atoms with Crippen molar-refractivity contribution in [3.05, 3.63) is 75.9 Å². The van der Waals surface area contributed by atoms with E-state index < -0.39 is 0 Å². The van der Waals surface area contributed by atoms with E-state index in [9.17, 15) is 9.18 Å². The van der Waals surface area contributed by atoms with Gasteiger partial charge in [-0.3, -0.25) is 4.79 Å². The highest BCUT2D eigenvalue weighted by Crippen LogP contribution is 2.32. The van der Waals surface area contributed by atoms with Crippen LogP contribution in [-0.4, -0.2) is 22.3 Å². The average molecular weight is 370 g/mol. The van der Waals surface area contributed by atoms with E-state index in [4.69, 9.17) is 4.42 Å². The number of hydrogen-bond donors (Lipinski definition) is 0. The zero-order valence-corrected chi connectivity index (χ0v) is 15.0. The summed E-state index contributed by atoms with van der Waals surface area (Å²) in [5.74, 6) is 1.01. The Labute approximate surface area is 155 Å². The maximum atomic E-state index is 13.8. The maximum Gasteiger partial charge on any atom is 0.228 e. The number of likely N-dealkylation sites (tertiary alicyclic amines) is 1. The average Bonchev–Trinajstić information content (AvgIpc) is 3.37. The van der Waals surface area contributed by atoms with Crippen LogP contribution in [0.1, 0.15) is 41.0 Å². The lowest BCUT2D eigenvalue weighted by Crippen LogP contribution is -2.31. The summed E-state index contributed by atoms with van der Waals surface area (Å²) in [6, 6.07) is 10.5. The number of aromatic nitrogens is 1. The predicted molar refractivity (Wildman–Crippen MR) is 97.4 cm³/mol. The fraction of sp³-hybridized carbons (Fsp3) is 0.300. The molecule has 0 spiro atoms. The molecular weight excluding hydrogens is 351 g/mol. The Hall–Kier alpha value is -2.47. The maximum absolute atomic E-state index is 13.8. The highest BCUT2D eigenvalue weighted by Gasteiger charge is 2.33. The van der Waals surface area contributed by atoms with Crippen molar-refractivity contribution in [1.29, 1.82) is 0 Å². The molecule has 0 saturated carbocycles. The summed E-state index contributed by atoms with van der Waals surface area (Å²) in [6.07, 6.45) is 4.19. The van der Waals surface area contributed by atoms with Gasteiger partial charge in [-0.15, -0.1) is 11.3 Å². The molecule has 1 amide bonds. The summed E-state index contributed by atoms with van der Waals surface area (Å²) < 4.78 is 19.7. The molecule has 2 aromatic heterocycles. The van der Waals surface area contributed by atoms with Gasteiger partial charge < -0.3 is 9.32 Å². The molecular formula is C20H19FN2O2S. The Kier molecular flexibility index (Phi) is 4.84. The Morgan fingerprint density at radius 2 is 2.19 bits per heavy atom. The first-order chi connectivity index (χ1) is 12.7. The van der Waals surface area contributed by atoms with Crippen LogP contribution in [0.4, 0.5) is 4.39 Å². The van der Waals surface area contributed by atoms with Crippen LogP contribution in [0.15, 0.2) is 52.4 Å². The number of hydrogen-bond acceptors (Lipinski definition) is 4. The van der Waals surface area contributed by atoms with E-state index in [1.165, 1.54) is 6.07 Å². The number of halogens is 1. The number of thiophene rings is 1. The fourth-order valence-electron chi connectivity index (χ4n) is 3.37. The minimum atomic E-state index is -0.251. The second-order valence-corrected chi connectivity index (χ2v) is 7.47. The van der Waals surface area contributed by atoms with Gasteiger partial charge in [0.1, 0.15) is 17.6 Å². The van der Waals surface area contributed by atoms with Crippen LogP contribution in [0, 0.1) is 5.82 Å². The normalized spacial score (nSPS) is 17.0. The number of nitrogens with zero attached hydrogens (tertiary/aromatic N) is 2. The quantitative estimate of drug-likeness (QED) is 0.670. The first-order valence-corrected chi connectivity index (χ1v) is 9.58. The lowest BCUT2D eigenvalue weighted by molar-refractivity contribution is -0.131. The summed E-state index contributed by atoms with van der Waals surface area (Å²) in [5, 5.41) is 1.98. The molecule has 4 rings (SSSR count). The van der Waals surface area contributed by atoms with Gasteiger partial charge >= 0.3 is 0 Å². The summed E-state index contributed by atoms with van der Waals surface area (Å²) in [7, 11) is 0. The van der Waals surface area contributed by atoms with Crippen molar-refractivity contribution in [2.75, 3.05) is 6.54 Å². The van der Waals surface area contributed by atoms with Crippen LogP contribution in [0.5, 0.6) is 0 Å². The molecule has 0 radical (unpaired) electrons. The van der Waals surface area contributed by atoms with Crippen molar-refractivity contribution in [1.82, 2.24) is 9.88 Å². The van der Waals surface area contributed by atoms with Gasteiger partial charge in [0.2, 0.25) is 11.8 Å². The standard InChI is InChI=1S/C20H19FN2O2S/c21-17-7-2-1-5-14(17)11-15-13-22-20(25-15)18-8-3-9-23(18)19(24)12-16-6-4-10-26-16/h1-2,4-7,10,13,18H,3,8-9,11-12H2. The van der Waals surface area contributed by atoms with Crippen LogP contribution in [0.25, 0.3) is 0 Å². The zero-order valence-electron chi connectivity index (χ0n) is 14.2. The molecule has 1 fully saturated rings. The van der Waals surface area contributed by atoms with Crippen molar-refractivity contribution in [2.45, 2.75) is 31.7 Å². The molecule has 1 aliphatic rings. The van der Waals surface area contributed by atoms with Crippen molar-refractivity contribution >= 4 is 17.2 Å². The predicted octanol–water partition coefficient (Wildman–Crippen LogP) is 4.37. The van der Waals surface area contributed by atoms with Gasteiger partial charge in [-0.05, 0) is 35.9 Å². The molecule has 1 aliphatic heterocycles. The van der Waals surface area contributed by atoms with Gasteiger partial charge in [-0.2, -0.15) is 0 Å². The molecule has 0 N–H and O–H groups in total. The Morgan fingerprint density at radius 3 is 3.00 bits per heavy atom. The van der Waals surface area contributed by atoms with Gasteiger partial charge in [-0.1, -0.05) is 24.3 Å². The smallest absolute Gasteiger partial charge is 0.228 e. The van der Waals surface area contributed by atoms with Crippen LogP contribution in [-0.2, 0) is 17.6 Å². The summed E-state index contributed by atoms with van der Waals surface area (Å²) >= 11 is 1.59. The van der Waals surface area contributed by atoms with Crippen LogP contribution in [0.3, 0.4) is 0 Å². The van der Waals surface area contributed by atoms with Crippen molar-refractivity contribution < 1.29 is 13.6 Å². The van der Waals surface area contributed by atoms with Crippen molar-refractivity contribution in [3.63, 3.8) is 0 Å². The van der Waals surface area contributed by atoms with Gasteiger partial charge in [0.05, 0.1) is 12.6 Å². The van der Waals surface area contributed by atoms with E-state index in [1.54, 1.807) is 35.7 Å². The number of amides is 1. The first-order valence-electron chi connectivity index (χ1n) is 8.70. The largest absolute Gasteiger partial charge is 0.443 e. The SMILES string of the molecule is O=C(Cc1cccs1)N1CCCC1c1ncc(Cc2ccccc2F)o1. The van der Waals surface area contributed by atoms with Crippen LogP contribution >= 0.6 is 11.3 Å². The number of carbonyl (C=O) groups excluding carboxylic acids is 1. The number of oxazole rings is 1. The number of carbonyl (C=O) groups is 1. The third kappa shape index (κ3) is 3.55. The minimum absolute atomic E-state index is 0.101. The van der Waals surface area contributed by atoms with Gasteiger partial charge in [0.15, 0.2) is 0 Å². The summed E-state index contributed by atoms with van der Waals surface area (Å²) in [4.78, 5) is 19.9. The van der Waals surface area contributed by atoms with E-state index in [0.29, 0.717) is 30.1 Å². The highest BCUT2D eigenvalue weighted by molar-refractivity contribution is 7.10. The van der Waals surface area contributed by atoms with E-state index in [-0.39, 0.29) is 17.8 Å². The lowest BCUT2D eigenvalue weighted by Gasteiger charge is -2.22. The third-order valence-electron chi connectivity index (χ3n) is 4.66. The highest BCUT2D eigenvalue weighted by atomic mass is 32.1. The lowest BCUT2D eigenvalue weighted by atomic mass is 10.1. The topological polar surface area (TPSA) is 46.3 Å². The Morgan fingerprint density at radius 1 is 1.31 bits per heavy atom. The third-order valence-corrected chi connectivity index (χ3v) is 5.53. The monoisotopic (exact) mass is 370 g/mol. The second kappa shape index (κ2) is 7.41. The van der Waals surface area contributed by atoms with Gasteiger partial charge in [0, 0.05) is 17.8 Å². The first kappa shape index (κ1) is 17.0. The molecule has 0 aliphatic carbocycles. The van der Waals surface area contributed by atoms with Gasteiger partial charge in [-0.25, -0.2) is 9.37 Å². The molecule has 4 nitrogen and oxygen atoms in total. The van der Waals surface area contributed by atoms with E-state index in [2.05, 4.69) is 4.98 Å². The summed E-state index contributed by atoms with van der Waals surface area (Å²) in [5.41, 5.74) is 0.576. The van der Waals surface area contributed by atoms with Crippen LogP contribution < -0.4 is 0 Å². The van der Waals surface area contributed by atoms with E-state index >= 15 is 0 Å². The molecule has 26 heavy (non-hydrogen) atoms. The summed E-state index contributed by atoms with van der Waals surface area (Å²) in [6.45, 7) is 0.722. The molecule has 1 saturated heterocycles. The van der Waals surface area contributed by atoms with Crippen molar-refractivity contribution in [3.8, 4) is 0 Å². The second-order valence-electron chi connectivity index (χ2n) is 6.43. The molecule has 1 unspecified atom stereocenters. The molecule has 3 heterocycles. The number of rotatable bonds is 5. The van der Waals surface area contributed by atoms with Crippen molar-refractivity contribution in [2.24, 2.45) is 0 Å². The molecule has 0 bridgehead atoms. The molecule has 1 atom stereocenters. The number of benzene rings is 1. The van der Waals surface area contributed by atoms with Gasteiger partial charge in [0.25, 0.3) is 0 Å². The molecule has 134 valence electrons. The zero-order chi connectivity index (χ0) is 17.9. The minimum Gasteiger partial charge on any atom is -0.443 e. The van der Waals surface area contributed by atoms with E-state index in [1.807, 2.05) is 22.4 Å². The fourth-order valence-corrected chi connectivity index (χ4v) is 4.07. The molecule has 1 aromatic carbocycles. The Balaban J connectivity index is 1.47. The van der Waals surface area contributed by atoms with E-state index in [0.717, 1.165) is 24.3 Å². The Bertz CT molecular complexity index is 891. The molecule has 6 heteroatoms.